The molecule has 0 bridgehead atoms. The molecule has 0 saturated heterocycles. The van der Waals surface area contributed by atoms with Crippen LogP contribution in [-0.2, 0) is 14.3 Å². The third-order valence-corrected chi connectivity index (χ3v) is 0.837. The van der Waals surface area contributed by atoms with Crippen molar-refractivity contribution in [1.29, 1.82) is 0 Å². The lowest BCUT2D eigenvalue weighted by molar-refractivity contribution is -0.153. The third kappa shape index (κ3) is 29.2. The van der Waals surface area contributed by atoms with E-state index in [1.165, 1.54) is 0 Å². The molecule has 0 amide bonds. The first-order chi connectivity index (χ1) is 7.37. The number of hydrogen-bond donors (Lipinski definition) is 2. The summed E-state index contributed by atoms with van der Waals surface area (Å²) < 4.78 is 4.98. The van der Waals surface area contributed by atoms with E-state index in [1.807, 2.05) is 34.6 Å². The summed E-state index contributed by atoms with van der Waals surface area (Å²) >= 11 is 0. The quantitative estimate of drug-likeness (QED) is 0.555. The number of nitrogens with two attached hydrogens (primary N) is 1. The van der Waals surface area contributed by atoms with Crippen LogP contribution in [0.4, 0.5) is 0 Å². The molecule has 0 unspecified atom stereocenters. The number of nitrogens with one attached hydrogen (secondary N) is 1. The van der Waals surface area contributed by atoms with Crippen LogP contribution in [-0.4, -0.2) is 38.0 Å². The first-order valence-electron chi connectivity index (χ1n) is 5.37. The number of hydrogen-bond acceptors (Lipinski definition) is 5. The van der Waals surface area contributed by atoms with Crippen LogP contribution >= 0.6 is 0 Å². The highest BCUT2D eigenvalue weighted by atomic mass is 16.6. The number of carbonyl (C=O) groups excluding carboxylic acids is 2. The van der Waals surface area contributed by atoms with Gasteiger partial charge in [0.2, 0.25) is 0 Å². The fourth-order valence-electron chi connectivity index (χ4n) is 0.522. The molecular formula is C11H26N2O3. The van der Waals surface area contributed by atoms with E-state index in [1.54, 1.807) is 7.05 Å². The van der Waals surface area contributed by atoms with Gasteiger partial charge in [0.05, 0.1) is 6.54 Å². The Morgan fingerprint density at radius 1 is 1.38 bits per heavy atom. The second kappa shape index (κ2) is 14.1. The van der Waals surface area contributed by atoms with Crippen LogP contribution in [0, 0.1) is 0 Å². The molecule has 0 atom stereocenters. The average molecular weight is 234 g/mol. The van der Waals surface area contributed by atoms with Crippen molar-refractivity contribution in [3.8, 4) is 0 Å². The average Bonchev–Trinajstić information content (AvgIpc) is 2.19. The molecule has 5 heteroatoms. The Hall–Kier alpha value is -0.940. The van der Waals surface area contributed by atoms with Gasteiger partial charge in [-0.25, -0.2) is 0 Å². The molecule has 0 aromatic heterocycles. The largest absolute Gasteiger partial charge is 0.459 e. The van der Waals surface area contributed by atoms with Gasteiger partial charge in [0.15, 0.2) is 0 Å². The molecule has 0 aromatic rings. The molecule has 5 nitrogen and oxygen atoms in total. The molecule has 0 saturated carbocycles. The summed E-state index contributed by atoms with van der Waals surface area (Å²) in [6.07, 6.45) is 0.653. The van der Waals surface area contributed by atoms with Crippen LogP contribution in [0.2, 0.25) is 0 Å². The zero-order valence-electron chi connectivity index (χ0n) is 11.3. The van der Waals surface area contributed by atoms with E-state index in [0.29, 0.717) is 6.29 Å². The van der Waals surface area contributed by atoms with E-state index >= 15 is 0 Å². The summed E-state index contributed by atoms with van der Waals surface area (Å²) in [7, 11) is 1.71. The summed E-state index contributed by atoms with van der Waals surface area (Å²) in [6, 6.07) is 0. The molecule has 0 radical (unpaired) electrons. The smallest absolute Gasteiger partial charge is 0.320 e. The van der Waals surface area contributed by atoms with Gasteiger partial charge in [0.1, 0.15) is 11.9 Å². The SMILES string of the molecule is CC.CNCC(=O)OC(C)(C)C.NCC=O. The Labute approximate surface area is 98.7 Å². The van der Waals surface area contributed by atoms with Crippen LogP contribution in [0.5, 0.6) is 0 Å². The highest BCUT2D eigenvalue weighted by Crippen LogP contribution is 2.05. The topological polar surface area (TPSA) is 81.4 Å². The molecule has 0 spiro atoms. The van der Waals surface area contributed by atoms with Crippen molar-refractivity contribution in [3.63, 3.8) is 0 Å². The minimum Gasteiger partial charge on any atom is -0.459 e. The van der Waals surface area contributed by atoms with Crippen molar-refractivity contribution >= 4 is 12.3 Å². The van der Waals surface area contributed by atoms with Crippen molar-refractivity contribution in [3.05, 3.63) is 0 Å². The molecule has 0 heterocycles. The Kier molecular flexibility index (Phi) is 18.0. The molecule has 3 N–H and O–H groups in total. The van der Waals surface area contributed by atoms with Crippen molar-refractivity contribution in [2.75, 3.05) is 20.1 Å². The van der Waals surface area contributed by atoms with Gasteiger partial charge in [-0.2, -0.15) is 0 Å². The monoisotopic (exact) mass is 234 g/mol. The number of carbonyl (C=O) groups is 2. The molecule has 0 rings (SSSR count). The van der Waals surface area contributed by atoms with E-state index in [9.17, 15) is 4.79 Å². The van der Waals surface area contributed by atoms with Crippen molar-refractivity contribution in [2.24, 2.45) is 5.73 Å². The second-order valence-electron chi connectivity index (χ2n) is 3.52. The number of likely N-dealkylation sites (N-methyl/N-ethyl adjacent to an activating group) is 1. The maximum absolute atomic E-state index is 10.8. The Morgan fingerprint density at radius 2 is 1.75 bits per heavy atom. The minimum atomic E-state index is -0.367. The molecule has 98 valence electrons. The van der Waals surface area contributed by atoms with Crippen LogP contribution in [0.25, 0.3) is 0 Å². The van der Waals surface area contributed by atoms with E-state index in [4.69, 9.17) is 9.53 Å². The summed E-state index contributed by atoms with van der Waals surface area (Å²) in [4.78, 5) is 19.8. The number of aldehydes is 1. The van der Waals surface area contributed by atoms with E-state index in [2.05, 4.69) is 11.1 Å². The number of ether oxygens (including phenoxy) is 1. The van der Waals surface area contributed by atoms with Gasteiger partial charge in [-0.1, -0.05) is 13.8 Å². The summed E-state index contributed by atoms with van der Waals surface area (Å²) in [5.74, 6) is -0.213. The van der Waals surface area contributed by atoms with Crippen molar-refractivity contribution < 1.29 is 14.3 Å². The van der Waals surface area contributed by atoms with Gasteiger partial charge in [-0.05, 0) is 27.8 Å². The van der Waals surface area contributed by atoms with Crippen LogP contribution in [0.3, 0.4) is 0 Å². The van der Waals surface area contributed by atoms with Gasteiger partial charge in [0.25, 0.3) is 0 Å². The summed E-state index contributed by atoms with van der Waals surface area (Å²) in [5, 5.41) is 2.72. The molecule has 0 aliphatic rings. The third-order valence-electron chi connectivity index (χ3n) is 0.837. The minimum absolute atomic E-state index is 0.139. The van der Waals surface area contributed by atoms with Gasteiger partial charge in [0, 0.05) is 6.54 Å². The molecule has 0 aliphatic heterocycles. The van der Waals surface area contributed by atoms with E-state index < -0.39 is 0 Å². The van der Waals surface area contributed by atoms with Crippen LogP contribution in [0.1, 0.15) is 34.6 Å². The highest BCUT2D eigenvalue weighted by Gasteiger charge is 2.14. The summed E-state index contributed by atoms with van der Waals surface area (Å²) in [6.45, 7) is 9.96. The lowest BCUT2D eigenvalue weighted by Gasteiger charge is -2.19. The van der Waals surface area contributed by atoms with Crippen LogP contribution in [0.15, 0.2) is 0 Å². The molecular weight excluding hydrogens is 208 g/mol. The standard InChI is InChI=1S/C7H15NO2.C2H5NO.C2H6/c1-7(2,3)10-6(9)5-8-4;3-1-2-4;1-2/h8H,5H2,1-4H3;2H,1,3H2;1-2H3. The maximum Gasteiger partial charge on any atom is 0.320 e. The van der Waals surface area contributed by atoms with Gasteiger partial charge < -0.3 is 20.6 Å². The Morgan fingerprint density at radius 3 is 1.94 bits per heavy atom. The maximum atomic E-state index is 10.8. The first kappa shape index (κ1) is 20.5. The molecule has 0 aromatic carbocycles. The normalized spacial score (nSPS) is 8.94. The van der Waals surface area contributed by atoms with Crippen molar-refractivity contribution in [2.45, 2.75) is 40.2 Å². The zero-order valence-corrected chi connectivity index (χ0v) is 11.3. The predicted octanol–water partition coefficient (Wildman–Crippen LogP) is 0.718. The number of rotatable bonds is 3. The lowest BCUT2D eigenvalue weighted by Crippen LogP contribution is -2.29. The van der Waals surface area contributed by atoms with Gasteiger partial charge in [-0.15, -0.1) is 0 Å². The molecule has 16 heavy (non-hydrogen) atoms. The fourth-order valence-corrected chi connectivity index (χ4v) is 0.522. The summed E-state index contributed by atoms with van der Waals surface area (Å²) in [5.41, 5.74) is 4.29. The Bertz CT molecular complexity index is 165. The van der Waals surface area contributed by atoms with Gasteiger partial charge >= 0.3 is 5.97 Å². The first-order valence-corrected chi connectivity index (χ1v) is 5.37. The van der Waals surface area contributed by atoms with Crippen LogP contribution < -0.4 is 11.1 Å². The number of esters is 1. The second-order valence-corrected chi connectivity index (χ2v) is 3.52. The van der Waals surface area contributed by atoms with E-state index in [0.717, 1.165) is 0 Å². The van der Waals surface area contributed by atoms with E-state index in [-0.39, 0.29) is 24.7 Å². The van der Waals surface area contributed by atoms with Crippen molar-refractivity contribution in [1.82, 2.24) is 5.32 Å². The fraction of sp³-hybridized carbons (Fsp3) is 0.818. The van der Waals surface area contributed by atoms with Gasteiger partial charge in [-0.3, -0.25) is 4.79 Å². The zero-order chi connectivity index (χ0) is 13.6. The molecule has 0 aliphatic carbocycles. The highest BCUT2D eigenvalue weighted by molar-refractivity contribution is 5.71. The lowest BCUT2D eigenvalue weighted by atomic mass is 10.2. The predicted molar refractivity (Wildman–Crippen MR) is 66.2 cm³/mol. The molecule has 0 fully saturated rings. The Balaban J connectivity index is -0.000000237.